The van der Waals surface area contributed by atoms with Crippen molar-refractivity contribution in [2.45, 2.75) is 105 Å². The lowest BCUT2D eigenvalue weighted by Gasteiger charge is -2.44. The van der Waals surface area contributed by atoms with E-state index in [0.29, 0.717) is 5.58 Å². The van der Waals surface area contributed by atoms with Gasteiger partial charge in [0.1, 0.15) is 18.5 Å². The SMILES string of the molecule is C=CC=CC(C)[C@H](OC(N)=O)[C@@H](C)[C@H](O[Si](C)(C)C(C)(C)C)[C@@H](C)CC(C)=C[C@H](C)[C@@H](OCOC)C(C)C=Cc1ccc2ccc(=O)oc2c1. The van der Waals surface area contributed by atoms with Gasteiger partial charge in [0, 0.05) is 42.2 Å². The molecular weight excluding hydrogens is 647 g/mol. The molecule has 2 aromatic rings. The van der Waals surface area contributed by atoms with Gasteiger partial charge in [-0.1, -0.05) is 116 Å². The van der Waals surface area contributed by atoms with Crippen molar-refractivity contribution >= 4 is 31.5 Å². The highest BCUT2D eigenvalue weighted by Gasteiger charge is 2.44. The van der Waals surface area contributed by atoms with E-state index in [0.717, 1.165) is 17.4 Å². The summed E-state index contributed by atoms with van der Waals surface area (Å²) in [5, 5.41) is 0.870. The summed E-state index contributed by atoms with van der Waals surface area (Å²) >= 11 is 0. The number of fused-ring (bicyclic) bond motifs is 1. The van der Waals surface area contributed by atoms with E-state index in [1.165, 1.54) is 11.6 Å². The second-order valence-electron chi connectivity index (χ2n) is 15.4. The van der Waals surface area contributed by atoms with Gasteiger partial charge in [0.2, 0.25) is 0 Å². The predicted octanol–water partition coefficient (Wildman–Crippen LogP) is 9.91. The van der Waals surface area contributed by atoms with Crippen LogP contribution in [0.15, 0.2) is 82.1 Å². The second-order valence-corrected chi connectivity index (χ2v) is 20.2. The molecule has 1 aromatic carbocycles. The van der Waals surface area contributed by atoms with Crippen LogP contribution >= 0.6 is 0 Å². The first-order valence-electron chi connectivity index (χ1n) is 17.7. The number of carbonyl (C=O) groups excluding carboxylic acids is 1. The Bertz CT molecular complexity index is 1540. The van der Waals surface area contributed by atoms with Crippen molar-refractivity contribution in [1.29, 1.82) is 0 Å². The fourth-order valence-electron chi connectivity index (χ4n) is 6.35. The molecule has 0 aliphatic carbocycles. The highest BCUT2D eigenvalue weighted by molar-refractivity contribution is 6.74. The van der Waals surface area contributed by atoms with E-state index in [1.54, 1.807) is 19.3 Å². The molecule has 50 heavy (non-hydrogen) atoms. The number of primary amides is 1. The van der Waals surface area contributed by atoms with Crippen LogP contribution in [0.3, 0.4) is 0 Å². The van der Waals surface area contributed by atoms with Gasteiger partial charge in [0.25, 0.3) is 0 Å². The number of nitrogens with two attached hydrogens (primary N) is 1. The molecule has 9 heteroatoms. The molecule has 0 aliphatic rings. The molecule has 2 rings (SSSR count). The standard InChI is InChI=1S/C41H63NO7Si/c1-14-15-16-28(3)38(48-40(42)44)32(7)39(49-50(12,13)41(8,9)10)31(6)24-27(2)23-30(5)37(46-26-45-11)29(4)17-18-33-19-20-34-21-22-36(43)47-35(34)25-33/h14-23,25,28-32,37-39H,1,24,26H2,2-13H3,(H2,42,44)/t28?,29?,30-,31-,32+,37-,38-,39+/m0/s1. The van der Waals surface area contributed by atoms with Crippen molar-refractivity contribution in [2.24, 2.45) is 35.3 Å². The van der Waals surface area contributed by atoms with Crippen molar-refractivity contribution in [3.8, 4) is 0 Å². The summed E-state index contributed by atoms with van der Waals surface area (Å²) in [6.07, 6.45) is 11.2. The van der Waals surface area contributed by atoms with Crippen molar-refractivity contribution in [3.63, 3.8) is 0 Å². The van der Waals surface area contributed by atoms with Crippen LogP contribution in [-0.4, -0.2) is 46.6 Å². The van der Waals surface area contributed by atoms with E-state index in [9.17, 15) is 9.59 Å². The number of carbonyl (C=O) groups is 1. The fourth-order valence-corrected chi connectivity index (χ4v) is 7.84. The Morgan fingerprint density at radius 1 is 0.980 bits per heavy atom. The summed E-state index contributed by atoms with van der Waals surface area (Å²) in [5.74, 6) is 0.00448. The summed E-state index contributed by atoms with van der Waals surface area (Å²) in [6.45, 7) is 28.0. The summed E-state index contributed by atoms with van der Waals surface area (Å²) in [5.41, 5.74) is 7.93. The quantitative estimate of drug-likeness (QED) is 0.0508. The van der Waals surface area contributed by atoms with Gasteiger partial charge in [-0.2, -0.15) is 0 Å². The minimum Gasteiger partial charge on any atom is -0.445 e. The molecule has 1 aromatic heterocycles. The van der Waals surface area contributed by atoms with Crippen LogP contribution in [0.1, 0.15) is 74.3 Å². The lowest BCUT2D eigenvalue weighted by atomic mass is 9.81. The minimum atomic E-state index is -2.21. The van der Waals surface area contributed by atoms with Crippen LogP contribution in [0.25, 0.3) is 17.0 Å². The van der Waals surface area contributed by atoms with Gasteiger partial charge in [-0.3, -0.25) is 0 Å². The zero-order valence-electron chi connectivity index (χ0n) is 32.5. The maximum Gasteiger partial charge on any atom is 0.404 e. The van der Waals surface area contributed by atoms with Crippen molar-refractivity contribution in [3.05, 3.63) is 88.8 Å². The average Bonchev–Trinajstić information content (AvgIpc) is 3.02. The van der Waals surface area contributed by atoms with Crippen LogP contribution in [0.4, 0.5) is 4.79 Å². The number of ether oxygens (including phenoxy) is 3. The van der Waals surface area contributed by atoms with Gasteiger partial charge in [-0.25, -0.2) is 9.59 Å². The molecule has 8 nitrogen and oxygen atoms in total. The Morgan fingerprint density at radius 3 is 2.22 bits per heavy atom. The molecule has 2 N–H and O–H groups in total. The first-order chi connectivity index (χ1) is 23.3. The van der Waals surface area contributed by atoms with Crippen LogP contribution in [0.5, 0.6) is 0 Å². The molecule has 1 heterocycles. The summed E-state index contributed by atoms with van der Waals surface area (Å²) < 4.78 is 29.9. The van der Waals surface area contributed by atoms with E-state index in [1.807, 2.05) is 43.4 Å². The lowest BCUT2D eigenvalue weighted by molar-refractivity contribution is -0.0947. The van der Waals surface area contributed by atoms with Gasteiger partial charge in [-0.15, -0.1) is 0 Å². The van der Waals surface area contributed by atoms with Crippen molar-refractivity contribution in [2.75, 3.05) is 13.9 Å². The third-order valence-electron chi connectivity index (χ3n) is 10.0. The fraction of sp³-hybridized carbons (Fsp3) is 0.561. The Hall–Kier alpha value is -3.24. The monoisotopic (exact) mass is 709 g/mol. The summed E-state index contributed by atoms with van der Waals surface area (Å²) in [4.78, 5) is 23.8. The number of methoxy groups -OCH3 is 1. The molecule has 0 fully saturated rings. The maximum absolute atomic E-state index is 12.1. The molecule has 1 amide bonds. The van der Waals surface area contributed by atoms with Gasteiger partial charge in [0.05, 0.1) is 12.2 Å². The largest absolute Gasteiger partial charge is 0.445 e. The number of allylic oxidation sites excluding steroid dienone is 3. The molecule has 2 unspecified atom stereocenters. The molecule has 0 bridgehead atoms. The number of benzene rings is 1. The Balaban J connectivity index is 2.37. The van der Waals surface area contributed by atoms with Gasteiger partial charge in [0.15, 0.2) is 8.32 Å². The first-order valence-corrected chi connectivity index (χ1v) is 20.6. The Morgan fingerprint density at radius 2 is 1.62 bits per heavy atom. The van der Waals surface area contributed by atoms with Crippen LogP contribution in [0.2, 0.25) is 18.1 Å². The molecule has 0 saturated heterocycles. The van der Waals surface area contributed by atoms with Crippen LogP contribution in [0, 0.1) is 29.6 Å². The highest BCUT2D eigenvalue weighted by Crippen LogP contribution is 2.41. The zero-order valence-corrected chi connectivity index (χ0v) is 33.5. The van der Waals surface area contributed by atoms with Crippen LogP contribution in [-0.2, 0) is 18.6 Å². The minimum absolute atomic E-state index is 0.00531. The average molecular weight is 710 g/mol. The zero-order chi connectivity index (χ0) is 37.8. The van der Waals surface area contributed by atoms with E-state index < -0.39 is 20.5 Å². The van der Waals surface area contributed by atoms with Gasteiger partial charge < -0.3 is 28.8 Å². The van der Waals surface area contributed by atoms with E-state index in [4.69, 9.17) is 28.8 Å². The number of amides is 1. The molecular formula is C41H63NO7Si. The van der Waals surface area contributed by atoms with Crippen LogP contribution < -0.4 is 11.4 Å². The number of hydrogen-bond donors (Lipinski definition) is 1. The third kappa shape index (κ3) is 12.8. The highest BCUT2D eigenvalue weighted by atomic mass is 28.4. The smallest absolute Gasteiger partial charge is 0.404 e. The molecule has 0 aliphatic heterocycles. The molecule has 0 spiro atoms. The van der Waals surface area contributed by atoms with Gasteiger partial charge >= 0.3 is 11.7 Å². The molecule has 0 saturated carbocycles. The van der Waals surface area contributed by atoms with Crippen molar-refractivity contribution < 1.29 is 27.8 Å². The van der Waals surface area contributed by atoms with E-state index >= 15 is 0 Å². The molecule has 8 atom stereocenters. The first kappa shape index (κ1) is 42.9. The normalized spacial score (nSPS) is 18.0. The molecule has 0 radical (unpaired) electrons. The number of hydrogen-bond acceptors (Lipinski definition) is 7. The van der Waals surface area contributed by atoms with Crippen molar-refractivity contribution in [1.82, 2.24) is 0 Å². The topological polar surface area (TPSA) is 110 Å². The summed E-state index contributed by atoms with van der Waals surface area (Å²) in [6, 6.07) is 9.02. The van der Waals surface area contributed by atoms with Gasteiger partial charge in [-0.05, 0) is 55.1 Å². The molecule has 278 valence electrons. The number of rotatable bonds is 19. The van der Waals surface area contributed by atoms with E-state index in [-0.39, 0.29) is 59.3 Å². The Labute approximate surface area is 301 Å². The summed E-state index contributed by atoms with van der Waals surface area (Å²) in [7, 11) is -0.588. The second kappa shape index (κ2) is 19.4. The Kier molecular flexibility index (Phi) is 16.6. The predicted molar refractivity (Wildman–Crippen MR) is 208 cm³/mol. The lowest BCUT2D eigenvalue weighted by Crippen LogP contribution is -2.50. The third-order valence-corrected chi connectivity index (χ3v) is 14.5. The van der Waals surface area contributed by atoms with E-state index in [2.05, 4.69) is 87.2 Å². The maximum atomic E-state index is 12.1.